The molecule has 11 rings (SSSR count). The highest BCUT2D eigenvalue weighted by Gasteiger charge is 2.36. The molecule has 0 radical (unpaired) electrons. The highest BCUT2D eigenvalue weighted by Crippen LogP contribution is 2.51. The standard InChI is InChI=1S/C55H40N2/c1-55(2)51-20-12-11-19-47(51)49-35-50-48-32-31-46(34-53(48)57(54(50)36-52(49)55)45-30-25-39-17-9-10-18-42(39)33-45)56(43-26-21-40(22-27-43)37-13-5-3-6-14-37)44-28-23-41(24-29-44)38-15-7-4-8-16-38/h3-36H,1-2H3. The van der Waals surface area contributed by atoms with Crippen molar-refractivity contribution in [3.05, 3.63) is 217 Å². The van der Waals surface area contributed by atoms with E-state index in [0.717, 1.165) is 22.7 Å². The maximum Gasteiger partial charge on any atom is 0.0561 e. The zero-order chi connectivity index (χ0) is 38.1. The summed E-state index contributed by atoms with van der Waals surface area (Å²) in [5.74, 6) is 0. The van der Waals surface area contributed by atoms with Crippen LogP contribution in [-0.4, -0.2) is 4.57 Å². The fraction of sp³-hybridized carbons (Fsp3) is 0.0545. The number of anilines is 3. The van der Waals surface area contributed by atoms with Gasteiger partial charge in [-0.3, -0.25) is 0 Å². The van der Waals surface area contributed by atoms with Gasteiger partial charge in [0.05, 0.1) is 11.0 Å². The molecule has 0 spiro atoms. The molecule has 0 saturated carbocycles. The van der Waals surface area contributed by atoms with Crippen LogP contribution in [0.25, 0.3) is 71.6 Å². The Morgan fingerprint density at radius 2 is 0.912 bits per heavy atom. The van der Waals surface area contributed by atoms with Gasteiger partial charge in [-0.2, -0.15) is 0 Å². The average Bonchev–Trinajstić information content (AvgIpc) is 3.71. The van der Waals surface area contributed by atoms with E-state index in [1.54, 1.807) is 0 Å². The molecule has 0 atom stereocenters. The lowest BCUT2D eigenvalue weighted by Crippen LogP contribution is -2.15. The SMILES string of the molecule is CC1(C)c2ccccc2-c2cc3c4ccc(N(c5ccc(-c6ccccc6)cc5)c5ccc(-c6ccccc6)cc5)cc4n(-c4ccc5ccccc5c4)c3cc21. The predicted octanol–water partition coefficient (Wildman–Crippen LogP) is 15.0. The van der Waals surface area contributed by atoms with Crippen LogP contribution in [-0.2, 0) is 5.41 Å². The van der Waals surface area contributed by atoms with Crippen molar-refractivity contribution < 1.29 is 0 Å². The molecule has 2 heteroatoms. The molecule has 1 aliphatic rings. The molecule has 10 aromatic rings. The second-order valence-corrected chi connectivity index (χ2v) is 15.8. The Labute approximate surface area is 333 Å². The lowest BCUT2D eigenvalue weighted by molar-refractivity contribution is 0.661. The Morgan fingerprint density at radius 1 is 0.368 bits per heavy atom. The highest BCUT2D eigenvalue weighted by atomic mass is 15.1. The number of aromatic nitrogens is 1. The van der Waals surface area contributed by atoms with Crippen molar-refractivity contribution in [2.45, 2.75) is 19.3 Å². The highest BCUT2D eigenvalue weighted by molar-refractivity contribution is 6.13. The number of nitrogens with zero attached hydrogens (tertiary/aromatic N) is 2. The van der Waals surface area contributed by atoms with E-state index in [0.29, 0.717) is 0 Å². The zero-order valence-corrected chi connectivity index (χ0v) is 32.0. The molecule has 0 bridgehead atoms. The number of benzene rings is 9. The van der Waals surface area contributed by atoms with Crippen LogP contribution >= 0.6 is 0 Å². The van der Waals surface area contributed by atoms with Crippen molar-refractivity contribution in [2.75, 3.05) is 4.90 Å². The van der Waals surface area contributed by atoms with E-state index in [4.69, 9.17) is 0 Å². The maximum atomic E-state index is 2.50. The summed E-state index contributed by atoms with van der Waals surface area (Å²) in [4.78, 5) is 2.39. The van der Waals surface area contributed by atoms with Gasteiger partial charge in [0.15, 0.2) is 0 Å². The van der Waals surface area contributed by atoms with Crippen molar-refractivity contribution >= 4 is 49.6 Å². The first-order valence-electron chi connectivity index (χ1n) is 19.8. The van der Waals surface area contributed by atoms with Crippen molar-refractivity contribution in [1.29, 1.82) is 0 Å². The van der Waals surface area contributed by atoms with E-state index in [9.17, 15) is 0 Å². The van der Waals surface area contributed by atoms with Crippen molar-refractivity contribution in [3.8, 4) is 39.1 Å². The minimum absolute atomic E-state index is 0.107. The topological polar surface area (TPSA) is 8.17 Å². The van der Waals surface area contributed by atoms with Gasteiger partial charge in [-0.25, -0.2) is 0 Å². The molecule has 0 unspecified atom stereocenters. The average molecular weight is 729 g/mol. The summed E-state index contributed by atoms with van der Waals surface area (Å²) in [7, 11) is 0. The van der Waals surface area contributed by atoms with Crippen LogP contribution in [0.5, 0.6) is 0 Å². The Hall–Kier alpha value is -7.16. The van der Waals surface area contributed by atoms with Gasteiger partial charge in [0, 0.05) is 38.9 Å². The van der Waals surface area contributed by atoms with Crippen LogP contribution in [0.1, 0.15) is 25.0 Å². The third-order valence-electron chi connectivity index (χ3n) is 12.2. The van der Waals surface area contributed by atoms with E-state index in [1.807, 2.05) is 0 Å². The molecule has 1 aliphatic carbocycles. The molecule has 57 heavy (non-hydrogen) atoms. The molecule has 2 nitrogen and oxygen atoms in total. The van der Waals surface area contributed by atoms with Crippen LogP contribution in [0.4, 0.5) is 17.1 Å². The Kier molecular flexibility index (Phi) is 7.55. The molecule has 0 aliphatic heterocycles. The molecular formula is C55H40N2. The van der Waals surface area contributed by atoms with Gasteiger partial charge in [-0.1, -0.05) is 159 Å². The van der Waals surface area contributed by atoms with Gasteiger partial charge in [-0.05, 0) is 116 Å². The Balaban J connectivity index is 1.14. The van der Waals surface area contributed by atoms with Gasteiger partial charge >= 0.3 is 0 Å². The van der Waals surface area contributed by atoms with Crippen LogP contribution < -0.4 is 4.90 Å². The number of rotatable bonds is 6. The first-order valence-corrected chi connectivity index (χ1v) is 19.8. The third kappa shape index (κ3) is 5.40. The first-order chi connectivity index (χ1) is 28.0. The van der Waals surface area contributed by atoms with Crippen LogP contribution in [0.15, 0.2) is 206 Å². The molecule has 9 aromatic carbocycles. The summed E-state index contributed by atoms with van der Waals surface area (Å²) < 4.78 is 2.50. The van der Waals surface area contributed by atoms with Gasteiger partial charge in [0.25, 0.3) is 0 Å². The normalized spacial score (nSPS) is 12.9. The minimum atomic E-state index is -0.107. The summed E-state index contributed by atoms with van der Waals surface area (Å²) in [5, 5.41) is 4.98. The van der Waals surface area contributed by atoms with Crippen LogP contribution in [0, 0.1) is 0 Å². The Morgan fingerprint density at radius 3 is 1.58 bits per heavy atom. The molecule has 270 valence electrons. The summed E-state index contributed by atoms with van der Waals surface area (Å²) in [6.45, 7) is 4.74. The first kappa shape index (κ1) is 33.2. The van der Waals surface area contributed by atoms with E-state index >= 15 is 0 Å². The van der Waals surface area contributed by atoms with E-state index < -0.39 is 0 Å². The monoisotopic (exact) mass is 728 g/mol. The second-order valence-electron chi connectivity index (χ2n) is 15.8. The number of fused-ring (bicyclic) bond motifs is 7. The van der Waals surface area contributed by atoms with Gasteiger partial charge in [-0.15, -0.1) is 0 Å². The quantitative estimate of drug-likeness (QED) is 0.165. The summed E-state index contributed by atoms with van der Waals surface area (Å²) >= 11 is 0. The Bertz CT molecular complexity index is 3030. The van der Waals surface area contributed by atoms with E-state index in [2.05, 4.69) is 230 Å². The van der Waals surface area contributed by atoms with Gasteiger partial charge in [0.2, 0.25) is 0 Å². The summed E-state index contributed by atoms with van der Waals surface area (Å²) in [5.41, 5.74) is 17.0. The molecule has 0 N–H and O–H groups in total. The van der Waals surface area contributed by atoms with Crippen LogP contribution in [0.3, 0.4) is 0 Å². The van der Waals surface area contributed by atoms with Crippen molar-refractivity contribution in [2.24, 2.45) is 0 Å². The molecule has 0 fully saturated rings. The fourth-order valence-electron chi connectivity index (χ4n) is 9.25. The molecule has 0 amide bonds. The van der Waals surface area contributed by atoms with Crippen LogP contribution in [0.2, 0.25) is 0 Å². The zero-order valence-electron chi connectivity index (χ0n) is 32.0. The van der Waals surface area contributed by atoms with E-state index in [1.165, 1.54) is 77.1 Å². The molecule has 1 aromatic heterocycles. The van der Waals surface area contributed by atoms with Gasteiger partial charge in [0.1, 0.15) is 0 Å². The molecular weight excluding hydrogens is 689 g/mol. The fourth-order valence-corrected chi connectivity index (χ4v) is 9.25. The summed E-state index contributed by atoms with van der Waals surface area (Å²) in [6.07, 6.45) is 0. The number of hydrogen-bond acceptors (Lipinski definition) is 1. The lowest BCUT2D eigenvalue weighted by Gasteiger charge is -2.26. The molecule has 1 heterocycles. The smallest absolute Gasteiger partial charge is 0.0561 e. The van der Waals surface area contributed by atoms with Gasteiger partial charge < -0.3 is 9.47 Å². The second kappa shape index (κ2) is 13.0. The summed E-state index contributed by atoms with van der Waals surface area (Å²) in [6, 6.07) is 75.6. The third-order valence-corrected chi connectivity index (χ3v) is 12.2. The largest absolute Gasteiger partial charge is 0.310 e. The molecule has 0 saturated heterocycles. The lowest BCUT2D eigenvalue weighted by atomic mass is 9.82. The van der Waals surface area contributed by atoms with E-state index in [-0.39, 0.29) is 5.41 Å². The predicted molar refractivity (Wildman–Crippen MR) is 241 cm³/mol. The van der Waals surface area contributed by atoms with Crippen molar-refractivity contribution in [1.82, 2.24) is 4.57 Å². The maximum absolute atomic E-state index is 2.50. The van der Waals surface area contributed by atoms with Crippen molar-refractivity contribution in [3.63, 3.8) is 0 Å². The number of hydrogen-bond donors (Lipinski definition) is 0. The minimum Gasteiger partial charge on any atom is -0.310 e.